The molecular weight excluding hydrogens is 215 g/mol. The van der Waals surface area contributed by atoms with Crippen molar-refractivity contribution in [3.05, 3.63) is 29.6 Å². The second-order valence-electron chi connectivity index (χ2n) is 3.04. The van der Waals surface area contributed by atoms with Gasteiger partial charge < -0.3 is 9.84 Å². The molecular formula is C11H15FO2S. The number of methoxy groups -OCH3 is 1. The van der Waals surface area contributed by atoms with Gasteiger partial charge in [0.15, 0.2) is 11.6 Å². The number of ether oxygens (including phenoxy) is 1. The Hall–Kier alpha value is -0.740. The van der Waals surface area contributed by atoms with Crippen LogP contribution in [0.1, 0.15) is 18.6 Å². The zero-order valence-electron chi connectivity index (χ0n) is 8.87. The highest BCUT2D eigenvalue weighted by Crippen LogP contribution is 2.26. The second-order valence-corrected chi connectivity index (χ2v) is 4.36. The maximum atomic E-state index is 13.7. The van der Waals surface area contributed by atoms with Crippen LogP contribution in [0.2, 0.25) is 0 Å². The lowest BCUT2D eigenvalue weighted by Crippen LogP contribution is -2.05. The molecule has 0 bridgehead atoms. The molecule has 4 heteroatoms. The summed E-state index contributed by atoms with van der Waals surface area (Å²) in [4.78, 5) is 0. The van der Waals surface area contributed by atoms with Crippen LogP contribution in [0.15, 0.2) is 18.2 Å². The minimum atomic E-state index is -0.773. The van der Waals surface area contributed by atoms with E-state index < -0.39 is 11.9 Å². The van der Waals surface area contributed by atoms with Crippen molar-refractivity contribution >= 4 is 11.8 Å². The van der Waals surface area contributed by atoms with Crippen molar-refractivity contribution in [3.8, 4) is 5.75 Å². The lowest BCUT2D eigenvalue weighted by Gasteiger charge is -2.12. The first kappa shape index (κ1) is 12.3. The third-order valence-corrected chi connectivity index (χ3v) is 3.01. The van der Waals surface area contributed by atoms with Crippen LogP contribution >= 0.6 is 11.8 Å². The molecule has 0 radical (unpaired) electrons. The lowest BCUT2D eigenvalue weighted by molar-refractivity contribution is 0.197. The van der Waals surface area contributed by atoms with Crippen LogP contribution in [-0.2, 0) is 0 Å². The molecule has 0 saturated carbocycles. The smallest absolute Gasteiger partial charge is 0.170 e. The number of hydrogen-bond donors (Lipinski definition) is 1. The largest absolute Gasteiger partial charge is 0.494 e. The number of aliphatic hydroxyl groups excluding tert-OH is 1. The predicted octanol–water partition coefficient (Wildman–Crippen LogP) is 2.62. The summed E-state index contributed by atoms with van der Waals surface area (Å²) in [5.41, 5.74) is 0.301. The van der Waals surface area contributed by atoms with Gasteiger partial charge in [-0.25, -0.2) is 4.39 Å². The maximum Gasteiger partial charge on any atom is 0.170 e. The van der Waals surface area contributed by atoms with E-state index in [0.29, 0.717) is 11.3 Å². The molecule has 2 nitrogen and oxygen atoms in total. The van der Waals surface area contributed by atoms with E-state index in [9.17, 15) is 9.50 Å². The van der Waals surface area contributed by atoms with Gasteiger partial charge in [-0.1, -0.05) is 19.1 Å². The first-order chi connectivity index (χ1) is 7.20. The summed E-state index contributed by atoms with van der Waals surface area (Å²) in [6.45, 7) is 2.00. The van der Waals surface area contributed by atoms with Crippen LogP contribution in [0.4, 0.5) is 4.39 Å². The molecule has 1 atom stereocenters. The molecule has 0 aliphatic carbocycles. The zero-order chi connectivity index (χ0) is 11.3. The Bertz CT molecular complexity index is 317. The fourth-order valence-electron chi connectivity index (χ4n) is 1.26. The Kier molecular flexibility index (Phi) is 4.91. The highest BCUT2D eigenvalue weighted by Gasteiger charge is 2.15. The van der Waals surface area contributed by atoms with Gasteiger partial charge in [0.2, 0.25) is 0 Å². The molecule has 0 heterocycles. The van der Waals surface area contributed by atoms with Crippen LogP contribution in [0.3, 0.4) is 0 Å². The molecule has 0 aliphatic rings. The molecule has 1 aromatic rings. The van der Waals surface area contributed by atoms with E-state index in [-0.39, 0.29) is 5.75 Å². The van der Waals surface area contributed by atoms with Crippen LogP contribution < -0.4 is 4.74 Å². The first-order valence-electron chi connectivity index (χ1n) is 4.78. The Labute approximate surface area is 93.5 Å². The van der Waals surface area contributed by atoms with Gasteiger partial charge in [-0.15, -0.1) is 0 Å². The maximum absolute atomic E-state index is 13.7. The van der Waals surface area contributed by atoms with Crippen molar-refractivity contribution in [1.29, 1.82) is 0 Å². The number of hydrogen-bond acceptors (Lipinski definition) is 3. The predicted molar refractivity (Wildman–Crippen MR) is 60.9 cm³/mol. The average Bonchev–Trinajstić information content (AvgIpc) is 2.26. The monoisotopic (exact) mass is 230 g/mol. The van der Waals surface area contributed by atoms with E-state index in [1.807, 2.05) is 6.92 Å². The quantitative estimate of drug-likeness (QED) is 0.843. The van der Waals surface area contributed by atoms with Gasteiger partial charge in [-0.05, 0) is 11.8 Å². The molecule has 1 aromatic carbocycles. The zero-order valence-corrected chi connectivity index (χ0v) is 9.68. The van der Waals surface area contributed by atoms with E-state index >= 15 is 0 Å². The number of thioether (sulfide) groups is 1. The van der Waals surface area contributed by atoms with E-state index in [4.69, 9.17) is 4.74 Å². The molecule has 0 saturated heterocycles. The van der Waals surface area contributed by atoms with Gasteiger partial charge in [-0.3, -0.25) is 0 Å². The molecule has 0 amide bonds. The fourth-order valence-corrected chi connectivity index (χ4v) is 1.90. The van der Waals surface area contributed by atoms with Crippen LogP contribution in [-0.4, -0.2) is 23.7 Å². The molecule has 15 heavy (non-hydrogen) atoms. The minimum Gasteiger partial charge on any atom is -0.494 e. The van der Waals surface area contributed by atoms with E-state index in [1.165, 1.54) is 7.11 Å². The van der Waals surface area contributed by atoms with Gasteiger partial charge in [-0.2, -0.15) is 11.8 Å². The summed E-state index contributed by atoms with van der Waals surface area (Å²) in [5, 5.41) is 9.74. The molecule has 0 spiro atoms. The molecule has 1 N–H and O–H groups in total. The summed E-state index contributed by atoms with van der Waals surface area (Å²) in [6.07, 6.45) is -0.773. The third kappa shape index (κ3) is 3.11. The minimum absolute atomic E-state index is 0.174. The fraction of sp³-hybridized carbons (Fsp3) is 0.455. The van der Waals surface area contributed by atoms with Gasteiger partial charge in [0.25, 0.3) is 0 Å². The molecule has 0 aliphatic heterocycles. The van der Waals surface area contributed by atoms with Crippen molar-refractivity contribution in [2.45, 2.75) is 13.0 Å². The summed E-state index contributed by atoms with van der Waals surface area (Å²) < 4.78 is 18.5. The van der Waals surface area contributed by atoms with Crippen LogP contribution in [0.25, 0.3) is 0 Å². The number of rotatable bonds is 5. The van der Waals surface area contributed by atoms with Crippen LogP contribution in [0, 0.1) is 5.82 Å². The lowest BCUT2D eigenvalue weighted by atomic mass is 10.1. The normalized spacial score (nSPS) is 12.5. The van der Waals surface area contributed by atoms with Gasteiger partial charge in [0.05, 0.1) is 13.2 Å². The Morgan fingerprint density at radius 3 is 2.87 bits per heavy atom. The Balaban J connectivity index is 2.83. The first-order valence-corrected chi connectivity index (χ1v) is 5.94. The van der Waals surface area contributed by atoms with Crippen LogP contribution in [0.5, 0.6) is 5.75 Å². The SMILES string of the molecule is CCSCC(O)c1cccc(OC)c1F. The van der Waals surface area contributed by atoms with E-state index in [0.717, 1.165) is 5.75 Å². The number of halogens is 1. The molecule has 1 rings (SSSR count). The standard InChI is InChI=1S/C11H15FO2S/c1-3-15-7-9(13)8-5-4-6-10(14-2)11(8)12/h4-6,9,13H,3,7H2,1-2H3. The van der Waals surface area contributed by atoms with E-state index in [2.05, 4.69) is 0 Å². The summed E-state index contributed by atoms with van der Waals surface area (Å²) in [6, 6.07) is 4.80. The van der Waals surface area contributed by atoms with Crippen molar-refractivity contribution in [2.75, 3.05) is 18.6 Å². The highest BCUT2D eigenvalue weighted by molar-refractivity contribution is 7.99. The molecule has 84 valence electrons. The second kappa shape index (κ2) is 5.98. The van der Waals surface area contributed by atoms with Gasteiger partial charge in [0.1, 0.15) is 0 Å². The summed E-state index contributed by atoms with van der Waals surface area (Å²) in [5.74, 6) is 1.11. The van der Waals surface area contributed by atoms with Gasteiger partial charge in [0, 0.05) is 11.3 Å². The number of aliphatic hydroxyl groups is 1. The van der Waals surface area contributed by atoms with Gasteiger partial charge >= 0.3 is 0 Å². The molecule has 1 unspecified atom stereocenters. The average molecular weight is 230 g/mol. The Morgan fingerprint density at radius 1 is 1.53 bits per heavy atom. The van der Waals surface area contributed by atoms with Crippen molar-refractivity contribution in [2.24, 2.45) is 0 Å². The van der Waals surface area contributed by atoms with Crippen molar-refractivity contribution < 1.29 is 14.2 Å². The Morgan fingerprint density at radius 2 is 2.27 bits per heavy atom. The number of benzene rings is 1. The molecule has 0 aromatic heterocycles. The van der Waals surface area contributed by atoms with Crippen molar-refractivity contribution in [1.82, 2.24) is 0 Å². The van der Waals surface area contributed by atoms with Crippen molar-refractivity contribution in [3.63, 3.8) is 0 Å². The third-order valence-electron chi connectivity index (χ3n) is 2.05. The summed E-state index contributed by atoms with van der Waals surface area (Å²) in [7, 11) is 1.41. The highest BCUT2D eigenvalue weighted by atomic mass is 32.2. The summed E-state index contributed by atoms with van der Waals surface area (Å²) >= 11 is 1.58. The topological polar surface area (TPSA) is 29.5 Å². The molecule has 0 fully saturated rings. The van der Waals surface area contributed by atoms with E-state index in [1.54, 1.807) is 30.0 Å².